The first-order valence-electron chi connectivity index (χ1n) is 13.5. The van der Waals surface area contributed by atoms with Crippen molar-refractivity contribution in [3.8, 4) is 22.4 Å². The van der Waals surface area contributed by atoms with Gasteiger partial charge in [-0.25, -0.2) is 13.4 Å². The molecule has 1 aliphatic rings. The Morgan fingerprint density at radius 3 is 2.46 bits per heavy atom. The van der Waals surface area contributed by atoms with Crippen LogP contribution in [0.3, 0.4) is 0 Å². The van der Waals surface area contributed by atoms with Gasteiger partial charge >= 0.3 is 0 Å². The highest BCUT2D eigenvalue weighted by Gasteiger charge is 2.39. The molecule has 0 atom stereocenters. The second-order valence-electron chi connectivity index (χ2n) is 10.2. The first-order valence-corrected chi connectivity index (χ1v) is 15.4. The lowest BCUT2D eigenvalue weighted by Crippen LogP contribution is -2.45. The summed E-state index contributed by atoms with van der Waals surface area (Å²) in [4.78, 5) is 21.4. The Bertz CT molecular complexity index is 1630. The van der Waals surface area contributed by atoms with E-state index in [0.29, 0.717) is 24.1 Å². The summed E-state index contributed by atoms with van der Waals surface area (Å²) in [7, 11) is -3.78. The van der Waals surface area contributed by atoms with Crippen LogP contribution in [-0.2, 0) is 30.7 Å². The summed E-state index contributed by atoms with van der Waals surface area (Å²) >= 11 is 0. The van der Waals surface area contributed by atoms with Gasteiger partial charge in [0, 0.05) is 29.1 Å². The number of carbonyl (C=O) groups is 1. The van der Waals surface area contributed by atoms with E-state index in [-0.39, 0.29) is 42.0 Å². The minimum atomic E-state index is -3.78. The number of anilines is 1. The average molecular weight is 580 g/mol. The summed E-state index contributed by atoms with van der Waals surface area (Å²) in [5.41, 5.74) is 9.01. The zero-order valence-corrected chi connectivity index (χ0v) is 23.6. The van der Waals surface area contributed by atoms with E-state index in [9.17, 15) is 18.3 Å². The third-order valence-corrected chi connectivity index (χ3v) is 8.57. The SMILES string of the molecule is CS(=O)(=O)c1c(COCCOC2(C(=O)CO)CCCCC2)nc2c(-c3ccc(-c4ccccc4)nc3)cnn2c1N. The smallest absolute Gasteiger partial charge is 0.189 e. The Hall–Kier alpha value is -3.71. The quantitative estimate of drug-likeness (QED) is 0.253. The second kappa shape index (κ2) is 12.0. The van der Waals surface area contributed by atoms with Gasteiger partial charge in [0.1, 0.15) is 22.9 Å². The van der Waals surface area contributed by atoms with Crippen LogP contribution in [0.4, 0.5) is 5.82 Å². The summed E-state index contributed by atoms with van der Waals surface area (Å²) in [5.74, 6) is -0.391. The van der Waals surface area contributed by atoms with E-state index < -0.39 is 22.0 Å². The molecule has 0 bridgehead atoms. The number of aromatic nitrogens is 4. The maximum atomic E-state index is 12.7. The zero-order chi connectivity index (χ0) is 29.0. The molecule has 41 heavy (non-hydrogen) atoms. The van der Waals surface area contributed by atoms with Gasteiger partial charge in [-0.05, 0) is 18.9 Å². The maximum Gasteiger partial charge on any atom is 0.189 e. The molecule has 0 unspecified atom stereocenters. The highest BCUT2D eigenvalue weighted by molar-refractivity contribution is 7.91. The molecule has 0 aliphatic heterocycles. The number of benzene rings is 1. The van der Waals surface area contributed by atoms with E-state index >= 15 is 0 Å². The number of pyridine rings is 1. The Balaban J connectivity index is 1.37. The molecule has 0 radical (unpaired) electrons. The van der Waals surface area contributed by atoms with Gasteiger partial charge < -0.3 is 20.3 Å². The molecule has 4 aromatic rings. The number of hydrogen-bond acceptors (Lipinski definition) is 10. The van der Waals surface area contributed by atoms with Crippen LogP contribution in [-0.4, -0.2) is 70.6 Å². The highest BCUT2D eigenvalue weighted by Crippen LogP contribution is 2.33. The van der Waals surface area contributed by atoms with Crippen LogP contribution in [0.5, 0.6) is 0 Å². The van der Waals surface area contributed by atoms with Crippen molar-refractivity contribution >= 4 is 27.1 Å². The number of Topliss-reactive ketones (excluding diaryl/α,β-unsaturated/α-hetero) is 1. The first-order chi connectivity index (χ1) is 19.7. The topological polar surface area (TPSA) is 159 Å². The molecule has 1 saturated carbocycles. The van der Waals surface area contributed by atoms with Crippen LogP contribution in [0.15, 0.2) is 59.8 Å². The molecule has 216 valence electrons. The number of nitrogens with zero attached hydrogens (tertiary/aromatic N) is 4. The van der Waals surface area contributed by atoms with Crippen molar-refractivity contribution in [2.75, 3.05) is 31.8 Å². The van der Waals surface area contributed by atoms with Crippen molar-refractivity contribution in [1.82, 2.24) is 19.6 Å². The normalized spacial score (nSPS) is 15.3. The minimum absolute atomic E-state index is 0.0674. The number of rotatable bonds is 11. The first kappa shape index (κ1) is 28.8. The monoisotopic (exact) mass is 579 g/mol. The van der Waals surface area contributed by atoms with Crippen LogP contribution >= 0.6 is 0 Å². The number of nitrogen functional groups attached to an aromatic ring is 1. The van der Waals surface area contributed by atoms with Gasteiger partial charge in [0.15, 0.2) is 21.3 Å². The standard InChI is InChI=1S/C29H33N5O6S/c1-41(37,38)26-24(19-39-14-15-40-29(25(36)18-35)12-6-3-7-13-29)33-28-22(17-32-34(28)27(26)30)21-10-11-23(31-16-21)20-8-4-2-5-9-20/h2,4-5,8-11,16-17,35H,3,6-7,12-15,18-19,30H2,1H3. The molecule has 0 saturated heterocycles. The van der Waals surface area contributed by atoms with Gasteiger partial charge in [0.25, 0.3) is 0 Å². The molecule has 3 aromatic heterocycles. The summed E-state index contributed by atoms with van der Waals surface area (Å²) in [6.45, 7) is -0.522. The Morgan fingerprint density at radius 1 is 1.05 bits per heavy atom. The molecule has 1 aliphatic carbocycles. The molecule has 3 heterocycles. The molecular formula is C29H33N5O6S. The number of ketones is 1. The van der Waals surface area contributed by atoms with Crippen LogP contribution in [0.25, 0.3) is 28.0 Å². The van der Waals surface area contributed by atoms with Gasteiger partial charge in [-0.3, -0.25) is 9.78 Å². The van der Waals surface area contributed by atoms with E-state index in [1.807, 2.05) is 42.5 Å². The van der Waals surface area contributed by atoms with Crippen LogP contribution in [0, 0.1) is 0 Å². The van der Waals surface area contributed by atoms with Crippen LogP contribution < -0.4 is 5.73 Å². The Morgan fingerprint density at radius 2 is 1.80 bits per heavy atom. The zero-order valence-electron chi connectivity index (χ0n) is 22.8. The van der Waals surface area contributed by atoms with Gasteiger partial charge in [0.05, 0.1) is 37.4 Å². The van der Waals surface area contributed by atoms with Crippen LogP contribution in [0.1, 0.15) is 37.8 Å². The molecule has 1 fully saturated rings. The predicted molar refractivity (Wildman–Crippen MR) is 153 cm³/mol. The number of carbonyl (C=O) groups excluding carboxylic acids is 1. The maximum absolute atomic E-state index is 12.7. The highest BCUT2D eigenvalue weighted by atomic mass is 32.2. The van der Waals surface area contributed by atoms with Crippen molar-refractivity contribution < 1.29 is 27.8 Å². The fraction of sp³-hybridized carbons (Fsp3) is 0.379. The lowest BCUT2D eigenvalue weighted by Gasteiger charge is -2.35. The number of sulfone groups is 1. The Labute approximate surface area is 238 Å². The molecule has 11 nitrogen and oxygen atoms in total. The molecule has 12 heteroatoms. The number of hydrogen-bond donors (Lipinski definition) is 2. The summed E-state index contributed by atoms with van der Waals surface area (Å²) in [5, 5.41) is 13.7. The summed E-state index contributed by atoms with van der Waals surface area (Å²) < 4.78 is 38.4. The minimum Gasteiger partial charge on any atom is -0.388 e. The third kappa shape index (κ3) is 6.01. The Kier molecular flexibility index (Phi) is 8.45. The van der Waals surface area contributed by atoms with E-state index in [2.05, 4.69) is 15.1 Å². The molecule has 5 rings (SSSR count). The van der Waals surface area contributed by atoms with Gasteiger partial charge in [-0.15, -0.1) is 0 Å². The third-order valence-electron chi connectivity index (χ3n) is 7.38. The predicted octanol–water partition coefficient (Wildman–Crippen LogP) is 3.24. The van der Waals surface area contributed by atoms with E-state index in [1.165, 1.54) is 4.52 Å². The number of nitrogens with two attached hydrogens (primary N) is 1. The van der Waals surface area contributed by atoms with Gasteiger partial charge in [0.2, 0.25) is 0 Å². The fourth-order valence-electron chi connectivity index (χ4n) is 5.32. The van der Waals surface area contributed by atoms with E-state index in [0.717, 1.165) is 42.3 Å². The van der Waals surface area contributed by atoms with E-state index in [1.54, 1.807) is 12.4 Å². The number of aliphatic hydroxyl groups is 1. The molecule has 0 spiro atoms. The lowest BCUT2D eigenvalue weighted by atomic mass is 9.81. The molecule has 0 amide bonds. The largest absolute Gasteiger partial charge is 0.388 e. The number of ether oxygens (including phenoxy) is 2. The number of aliphatic hydroxyl groups excluding tert-OH is 1. The molecule has 3 N–H and O–H groups in total. The van der Waals surface area contributed by atoms with Gasteiger partial charge in [-0.2, -0.15) is 9.61 Å². The summed E-state index contributed by atoms with van der Waals surface area (Å²) in [6.07, 6.45) is 8.19. The van der Waals surface area contributed by atoms with Crippen molar-refractivity contribution in [3.63, 3.8) is 0 Å². The van der Waals surface area contributed by atoms with Crippen molar-refractivity contribution in [3.05, 3.63) is 60.6 Å². The van der Waals surface area contributed by atoms with E-state index in [4.69, 9.17) is 15.2 Å². The fourth-order valence-corrected chi connectivity index (χ4v) is 6.32. The summed E-state index contributed by atoms with van der Waals surface area (Å²) in [6, 6.07) is 13.6. The second-order valence-corrected chi connectivity index (χ2v) is 12.1. The number of fused-ring (bicyclic) bond motifs is 1. The van der Waals surface area contributed by atoms with Crippen molar-refractivity contribution in [2.24, 2.45) is 0 Å². The van der Waals surface area contributed by atoms with Crippen molar-refractivity contribution in [2.45, 2.75) is 49.2 Å². The van der Waals surface area contributed by atoms with Crippen molar-refractivity contribution in [1.29, 1.82) is 0 Å². The average Bonchev–Trinajstić information content (AvgIpc) is 3.41. The van der Waals surface area contributed by atoms with Gasteiger partial charge in [-0.1, -0.05) is 55.7 Å². The van der Waals surface area contributed by atoms with Crippen LogP contribution in [0.2, 0.25) is 0 Å². The molecule has 1 aromatic carbocycles. The lowest BCUT2D eigenvalue weighted by molar-refractivity contribution is -0.155. The molecular weight excluding hydrogens is 546 g/mol.